The molecular weight excluding hydrogens is 361 g/mol. The van der Waals surface area contributed by atoms with Gasteiger partial charge < -0.3 is 14.4 Å². The average Bonchev–Trinajstić information content (AvgIpc) is 2.72. The number of hydrogen-bond donors (Lipinski definition) is 0. The number of benzene rings is 1. The highest BCUT2D eigenvalue weighted by Gasteiger charge is 2.26. The van der Waals surface area contributed by atoms with Crippen LogP contribution in [0.15, 0.2) is 30.5 Å². The summed E-state index contributed by atoms with van der Waals surface area (Å²) in [4.78, 5) is 23.2. The van der Waals surface area contributed by atoms with Crippen LogP contribution in [0.2, 0.25) is 0 Å². The minimum absolute atomic E-state index is 0.0432. The molecule has 28 heavy (non-hydrogen) atoms. The molecule has 6 nitrogen and oxygen atoms in total. The molecule has 1 aliphatic rings. The number of hydrogen-bond acceptors (Lipinski definition) is 5. The zero-order chi connectivity index (χ0) is 19.9. The quantitative estimate of drug-likeness (QED) is 0.730. The fraction of sp³-hybridized carbons (Fsp3) is 0.476. The van der Waals surface area contributed by atoms with Crippen molar-refractivity contribution in [3.05, 3.63) is 53.4 Å². The van der Waals surface area contributed by atoms with Gasteiger partial charge in [0.15, 0.2) is 6.61 Å². The summed E-state index contributed by atoms with van der Waals surface area (Å²) in [5, 5.41) is 0. The summed E-state index contributed by atoms with van der Waals surface area (Å²) < 4.78 is 23.9. The molecule has 1 fully saturated rings. The Morgan fingerprint density at radius 3 is 2.64 bits per heavy atom. The zero-order valence-electron chi connectivity index (χ0n) is 16.4. The summed E-state index contributed by atoms with van der Waals surface area (Å²) in [6, 6.07) is 5.67. The van der Waals surface area contributed by atoms with Gasteiger partial charge in [0.2, 0.25) is 0 Å². The van der Waals surface area contributed by atoms with Crippen molar-refractivity contribution in [1.82, 2.24) is 14.9 Å². The number of aryl methyl sites for hydroxylation is 1. The lowest BCUT2D eigenvalue weighted by Crippen LogP contribution is -2.40. The Morgan fingerprint density at radius 2 is 1.96 bits per heavy atom. The normalized spacial score (nSPS) is 14.9. The number of likely N-dealkylation sites (tertiary alicyclic amines) is 1. The van der Waals surface area contributed by atoms with E-state index in [1.165, 1.54) is 24.3 Å². The third-order valence-corrected chi connectivity index (χ3v) is 4.89. The van der Waals surface area contributed by atoms with Crippen LogP contribution in [-0.2, 0) is 16.1 Å². The Balaban J connectivity index is 1.54. The van der Waals surface area contributed by atoms with Crippen LogP contribution in [-0.4, -0.2) is 47.1 Å². The molecule has 0 radical (unpaired) electrons. The van der Waals surface area contributed by atoms with Gasteiger partial charge in [-0.3, -0.25) is 4.79 Å². The highest BCUT2D eigenvalue weighted by Crippen LogP contribution is 2.29. The fourth-order valence-electron chi connectivity index (χ4n) is 3.36. The molecule has 0 unspecified atom stereocenters. The third-order valence-electron chi connectivity index (χ3n) is 4.89. The number of nitrogens with zero attached hydrogens (tertiary/aromatic N) is 3. The van der Waals surface area contributed by atoms with Gasteiger partial charge in [-0.1, -0.05) is 0 Å². The van der Waals surface area contributed by atoms with Crippen molar-refractivity contribution >= 4 is 5.91 Å². The summed E-state index contributed by atoms with van der Waals surface area (Å²) in [5.74, 6) is 1.14. The van der Waals surface area contributed by atoms with Crippen LogP contribution in [0.1, 0.15) is 42.8 Å². The van der Waals surface area contributed by atoms with Gasteiger partial charge in [-0.2, -0.15) is 0 Å². The summed E-state index contributed by atoms with van der Waals surface area (Å²) in [5.41, 5.74) is 2.06. The maximum atomic E-state index is 12.9. The standard InChI is InChI=1S/C21H26FN3O3/c1-3-27-13-17-12-23-15(2)24-21(17)16-8-10-25(11-9-16)20(26)14-28-19-6-4-18(22)5-7-19/h4-7,12,16H,3,8-11,13-14H2,1-2H3. The second-order valence-electron chi connectivity index (χ2n) is 6.86. The number of rotatable bonds is 7. The lowest BCUT2D eigenvalue weighted by molar-refractivity contribution is -0.134. The number of aromatic nitrogens is 2. The van der Waals surface area contributed by atoms with Gasteiger partial charge in [0.1, 0.15) is 17.4 Å². The van der Waals surface area contributed by atoms with Gasteiger partial charge in [-0.05, 0) is 51.0 Å². The predicted molar refractivity (Wildman–Crippen MR) is 103 cm³/mol. The van der Waals surface area contributed by atoms with Crippen molar-refractivity contribution < 1.29 is 18.7 Å². The first-order valence-electron chi connectivity index (χ1n) is 9.63. The largest absolute Gasteiger partial charge is 0.484 e. The van der Waals surface area contributed by atoms with Crippen molar-refractivity contribution in [2.75, 3.05) is 26.3 Å². The predicted octanol–water partition coefficient (Wildman–Crippen LogP) is 3.25. The van der Waals surface area contributed by atoms with Gasteiger partial charge >= 0.3 is 0 Å². The molecule has 0 spiro atoms. The van der Waals surface area contributed by atoms with Gasteiger partial charge in [-0.25, -0.2) is 14.4 Å². The number of halogens is 1. The third kappa shape index (κ3) is 5.25. The van der Waals surface area contributed by atoms with E-state index in [0.29, 0.717) is 38.0 Å². The van der Waals surface area contributed by atoms with E-state index in [1.807, 2.05) is 24.9 Å². The monoisotopic (exact) mass is 387 g/mol. The van der Waals surface area contributed by atoms with E-state index in [4.69, 9.17) is 9.47 Å². The molecule has 1 aromatic carbocycles. The summed E-state index contributed by atoms with van der Waals surface area (Å²) >= 11 is 0. The van der Waals surface area contributed by atoms with Crippen LogP contribution >= 0.6 is 0 Å². The maximum absolute atomic E-state index is 12.9. The summed E-state index contributed by atoms with van der Waals surface area (Å²) in [7, 11) is 0. The van der Waals surface area contributed by atoms with Gasteiger partial charge in [0.25, 0.3) is 5.91 Å². The number of piperidine rings is 1. The summed E-state index contributed by atoms with van der Waals surface area (Å²) in [6.45, 7) is 6.29. The summed E-state index contributed by atoms with van der Waals surface area (Å²) in [6.07, 6.45) is 3.54. The highest BCUT2D eigenvalue weighted by atomic mass is 19.1. The molecule has 0 atom stereocenters. The lowest BCUT2D eigenvalue weighted by Gasteiger charge is -2.32. The molecular formula is C21H26FN3O3. The van der Waals surface area contributed by atoms with Gasteiger partial charge in [0.05, 0.1) is 12.3 Å². The second kappa shape index (κ2) is 9.59. The van der Waals surface area contributed by atoms with E-state index < -0.39 is 0 Å². The van der Waals surface area contributed by atoms with Gasteiger partial charge in [0, 0.05) is 37.4 Å². The molecule has 1 aliphatic heterocycles. The van der Waals surface area contributed by atoms with Crippen molar-refractivity contribution in [3.63, 3.8) is 0 Å². The molecule has 0 bridgehead atoms. The number of carbonyl (C=O) groups excluding carboxylic acids is 1. The smallest absolute Gasteiger partial charge is 0.260 e. The molecule has 1 aromatic heterocycles. The second-order valence-corrected chi connectivity index (χ2v) is 6.86. The molecule has 0 aliphatic carbocycles. The van der Waals surface area contributed by atoms with Crippen molar-refractivity contribution in [1.29, 1.82) is 0 Å². The Labute approximate surface area is 164 Å². The number of amides is 1. The molecule has 7 heteroatoms. The molecule has 1 saturated heterocycles. The Hall–Kier alpha value is -2.54. The van der Waals surface area contributed by atoms with Crippen LogP contribution in [0.25, 0.3) is 0 Å². The van der Waals surface area contributed by atoms with E-state index in [2.05, 4.69) is 9.97 Å². The molecule has 0 saturated carbocycles. The lowest BCUT2D eigenvalue weighted by atomic mass is 9.91. The van der Waals surface area contributed by atoms with Crippen molar-refractivity contribution in [2.45, 2.75) is 39.2 Å². The van der Waals surface area contributed by atoms with Crippen molar-refractivity contribution in [3.8, 4) is 5.75 Å². The Kier molecular flexibility index (Phi) is 6.92. The molecule has 150 valence electrons. The van der Waals surface area contributed by atoms with E-state index in [9.17, 15) is 9.18 Å². The van der Waals surface area contributed by atoms with Gasteiger partial charge in [-0.15, -0.1) is 0 Å². The molecule has 2 heterocycles. The Bertz CT molecular complexity index is 790. The average molecular weight is 387 g/mol. The minimum Gasteiger partial charge on any atom is -0.484 e. The highest BCUT2D eigenvalue weighted by molar-refractivity contribution is 5.77. The van der Waals surface area contributed by atoms with Crippen molar-refractivity contribution in [2.24, 2.45) is 0 Å². The van der Waals surface area contributed by atoms with Crippen LogP contribution < -0.4 is 4.74 Å². The first-order chi connectivity index (χ1) is 13.6. The first kappa shape index (κ1) is 20.2. The molecule has 2 aromatic rings. The maximum Gasteiger partial charge on any atom is 0.260 e. The molecule has 0 N–H and O–H groups in total. The van der Waals surface area contributed by atoms with E-state index in [1.54, 1.807) is 0 Å². The Morgan fingerprint density at radius 1 is 1.25 bits per heavy atom. The van der Waals surface area contributed by atoms with Crippen LogP contribution in [0.3, 0.4) is 0 Å². The number of ether oxygens (including phenoxy) is 2. The van der Waals surface area contributed by atoms with Crippen LogP contribution in [0.5, 0.6) is 5.75 Å². The SMILES string of the molecule is CCOCc1cnc(C)nc1C1CCN(C(=O)COc2ccc(F)cc2)CC1. The minimum atomic E-state index is -0.329. The first-order valence-corrected chi connectivity index (χ1v) is 9.63. The molecule has 1 amide bonds. The van der Waals surface area contributed by atoms with E-state index in [0.717, 1.165) is 29.9 Å². The van der Waals surface area contributed by atoms with E-state index >= 15 is 0 Å². The topological polar surface area (TPSA) is 64.6 Å². The number of carbonyl (C=O) groups is 1. The zero-order valence-corrected chi connectivity index (χ0v) is 16.4. The molecule has 3 rings (SSSR count). The fourth-order valence-corrected chi connectivity index (χ4v) is 3.36. The van der Waals surface area contributed by atoms with Crippen LogP contribution in [0, 0.1) is 12.7 Å². The van der Waals surface area contributed by atoms with Crippen LogP contribution in [0.4, 0.5) is 4.39 Å². The van der Waals surface area contributed by atoms with E-state index in [-0.39, 0.29) is 18.3 Å².